The number of nitrogens with one attached hydrogen (secondary N) is 3. The summed E-state index contributed by atoms with van der Waals surface area (Å²) in [4.78, 5) is 70.0. The molecule has 0 saturated carbocycles. The van der Waals surface area contributed by atoms with Gasteiger partial charge in [0.05, 0.1) is 18.1 Å². The molecular weight excluding hydrogens is 733 g/mol. The van der Waals surface area contributed by atoms with Crippen molar-refractivity contribution in [1.82, 2.24) is 16.3 Å². The summed E-state index contributed by atoms with van der Waals surface area (Å²) in [6.07, 6.45) is 18.2. The maximum Gasteiger partial charge on any atom is 0.149 e. The molecule has 0 amide bonds. The molecule has 3 saturated heterocycles. The van der Waals surface area contributed by atoms with Crippen molar-refractivity contribution in [2.75, 3.05) is 36.9 Å². The second-order valence-corrected chi connectivity index (χ2v) is 15.0. The van der Waals surface area contributed by atoms with Gasteiger partial charge in [-0.2, -0.15) is 37.9 Å². The zero-order valence-electron chi connectivity index (χ0n) is 31.9. The van der Waals surface area contributed by atoms with Gasteiger partial charge in [-0.15, -0.1) is 19.6 Å². The van der Waals surface area contributed by atoms with Crippen LogP contribution in [-0.4, -0.2) is 89.7 Å². The van der Waals surface area contributed by atoms with Gasteiger partial charge in [0.15, 0.2) is 0 Å². The summed E-state index contributed by atoms with van der Waals surface area (Å²) in [6.45, 7) is 2.15. The summed E-state index contributed by atoms with van der Waals surface area (Å²) in [5.74, 6) is 2.55. The molecular formula is C38H67N6O6S3-3. The Hall–Kier alpha value is -1.17. The third kappa shape index (κ3) is 27.1. The van der Waals surface area contributed by atoms with E-state index in [1.165, 1.54) is 0 Å². The molecule has 0 aromatic carbocycles. The van der Waals surface area contributed by atoms with Crippen molar-refractivity contribution in [3.05, 3.63) is 16.3 Å². The van der Waals surface area contributed by atoms with Crippen LogP contribution in [0.5, 0.6) is 0 Å². The molecule has 3 atom stereocenters. The SMILES string of the molecule is O=C1CCCCCCC[N-]N[C@H](CS)C(=O)CCC1.O=C1CCCCC[N-]N[C@H](CS)C(=O)CCC1.O=C1CCCCC[N-]N[C@H](CS)C(=O)CCC1. The third-order valence-electron chi connectivity index (χ3n) is 9.27. The molecule has 3 N–H and O–H groups in total. The molecule has 0 aromatic heterocycles. The fourth-order valence-corrected chi connectivity index (χ4v) is 6.72. The van der Waals surface area contributed by atoms with E-state index >= 15 is 0 Å². The average molecular weight is 800 g/mol. The Morgan fingerprint density at radius 3 is 0.906 bits per heavy atom. The minimum absolute atomic E-state index is 0.107. The normalized spacial score (nSPS) is 25.8. The lowest BCUT2D eigenvalue weighted by Crippen LogP contribution is -2.36. The Morgan fingerprint density at radius 2 is 0.604 bits per heavy atom. The number of hydrogen-bond acceptors (Lipinski definition) is 12. The van der Waals surface area contributed by atoms with Crippen molar-refractivity contribution in [2.45, 2.75) is 166 Å². The maximum absolute atomic E-state index is 11.9. The van der Waals surface area contributed by atoms with Crippen LogP contribution in [0.2, 0.25) is 0 Å². The molecule has 0 radical (unpaired) electrons. The van der Waals surface area contributed by atoms with Gasteiger partial charge in [-0.05, 0) is 38.5 Å². The van der Waals surface area contributed by atoms with Crippen LogP contribution >= 0.6 is 37.9 Å². The summed E-state index contributed by atoms with van der Waals surface area (Å²) in [6, 6.07) is -0.896. The first-order valence-electron chi connectivity index (χ1n) is 19.9. The largest absolute Gasteiger partial charge is 0.597 e. The van der Waals surface area contributed by atoms with E-state index in [9.17, 15) is 28.8 Å². The van der Waals surface area contributed by atoms with E-state index in [4.69, 9.17) is 0 Å². The number of carbonyl (C=O) groups is 6. The van der Waals surface area contributed by atoms with Gasteiger partial charge in [-0.1, -0.05) is 51.4 Å². The second-order valence-electron chi connectivity index (χ2n) is 14.0. The van der Waals surface area contributed by atoms with Gasteiger partial charge in [0, 0.05) is 75.0 Å². The summed E-state index contributed by atoms with van der Waals surface area (Å²) in [7, 11) is 0. The van der Waals surface area contributed by atoms with Gasteiger partial charge in [-0.25, -0.2) is 0 Å². The van der Waals surface area contributed by atoms with Crippen LogP contribution in [0.15, 0.2) is 0 Å². The van der Waals surface area contributed by atoms with Crippen molar-refractivity contribution >= 4 is 72.6 Å². The molecule has 3 aliphatic heterocycles. The number of thiol groups is 3. The van der Waals surface area contributed by atoms with Crippen LogP contribution in [0, 0.1) is 0 Å². The summed E-state index contributed by atoms with van der Waals surface area (Å²) in [5, 5.41) is 0. The first-order chi connectivity index (χ1) is 25.7. The van der Waals surface area contributed by atoms with Gasteiger partial charge >= 0.3 is 0 Å². The number of carbonyl (C=O) groups excluding carboxylic acids is 6. The van der Waals surface area contributed by atoms with Gasteiger partial charge < -0.3 is 32.6 Å². The highest BCUT2D eigenvalue weighted by atomic mass is 32.1. The molecule has 0 bridgehead atoms. The molecule has 3 rings (SSSR count). The average Bonchev–Trinajstić information content (AvgIpc) is 3.16. The molecule has 0 aromatic rings. The molecule has 53 heavy (non-hydrogen) atoms. The lowest BCUT2D eigenvalue weighted by Gasteiger charge is -2.27. The van der Waals surface area contributed by atoms with Crippen molar-refractivity contribution in [1.29, 1.82) is 0 Å². The molecule has 12 nitrogen and oxygen atoms in total. The fourth-order valence-electron chi connectivity index (χ4n) is 5.87. The van der Waals surface area contributed by atoms with E-state index in [0.717, 1.165) is 77.2 Å². The van der Waals surface area contributed by atoms with Crippen molar-refractivity contribution in [3.63, 3.8) is 0 Å². The summed E-state index contributed by atoms with van der Waals surface area (Å²) in [5.41, 5.74) is 21.2. The first-order valence-corrected chi connectivity index (χ1v) is 21.8. The minimum atomic E-state index is -0.302. The highest BCUT2D eigenvalue weighted by Gasteiger charge is 2.16. The van der Waals surface area contributed by atoms with Gasteiger partial charge in [-0.3, -0.25) is 28.8 Å². The molecule has 3 aliphatic rings. The number of ketones is 6. The van der Waals surface area contributed by atoms with E-state index in [0.29, 0.717) is 113 Å². The summed E-state index contributed by atoms with van der Waals surface area (Å²) < 4.78 is 0. The van der Waals surface area contributed by atoms with Gasteiger partial charge in [0.25, 0.3) is 0 Å². The van der Waals surface area contributed by atoms with E-state index < -0.39 is 0 Å². The molecule has 15 heteroatoms. The fraction of sp³-hybridized carbons (Fsp3) is 0.842. The second kappa shape index (κ2) is 34.1. The van der Waals surface area contributed by atoms with Gasteiger partial charge in [0.1, 0.15) is 34.7 Å². The number of nitrogens with zero attached hydrogens (tertiary/aromatic N) is 3. The lowest BCUT2D eigenvalue weighted by atomic mass is 10.0. The molecule has 306 valence electrons. The van der Waals surface area contributed by atoms with E-state index in [-0.39, 0.29) is 47.0 Å². The minimum Gasteiger partial charge on any atom is -0.597 e. The Bertz CT molecular complexity index is 1000. The predicted molar refractivity (Wildman–Crippen MR) is 223 cm³/mol. The molecule has 0 spiro atoms. The van der Waals surface area contributed by atoms with E-state index in [1.807, 2.05) is 0 Å². The number of hydrogen-bond donors (Lipinski definition) is 6. The Morgan fingerprint density at radius 1 is 0.358 bits per heavy atom. The van der Waals surface area contributed by atoms with Crippen LogP contribution < -0.4 is 16.3 Å². The Labute approximate surface area is 335 Å². The molecule has 0 aliphatic carbocycles. The smallest absolute Gasteiger partial charge is 0.149 e. The number of Topliss-reactive ketones (excluding diaryl/α,β-unsaturated/α-hetero) is 6. The van der Waals surface area contributed by atoms with Crippen LogP contribution in [-0.2, 0) is 28.8 Å². The zero-order chi connectivity index (χ0) is 38.9. The van der Waals surface area contributed by atoms with Crippen molar-refractivity contribution in [2.24, 2.45) is 0 Å². The predicted octanol–water partition coefficient (Wildman–Crippen LogP) is 6.92. The maximum atomic E-state index is 11.9. The van der Waals surface area contributed by atoms with Crippen LogP contribution in [0.25, 0.3) is 16.3 Å². The molecule has 3 heterocycles. The Kier molecular flexibility index (Phi) is 32.1. The van der Waals surface area contributed by atoms with E-state index in [1.54, 1.807) is 0 Å². The highest BCUT2D eigenvalue weighted by molar-refractivity contribution is 7.80. The molecule has 0 unspecified atom stereocenters. The number of rotatable bonds is 3. The van der Waals surface area contributed by atoms with Crippen molar-refractivity contribution < 1.29 is 28.8 Å². The van der Waals surface area contributed by atoms with Crippen LogP contribution in [0.4, 0.5) is 0 Å². The van der Waals surface area contributed by atoms with Gasteiger partial charge in [0.2, 0.25) is 0 Å². The standard InChI is InChI=1S/C14H25N2O2S.2C12H21N2O2S/c17-12-7-4-2-1-3-5-10-15-16-13(11-19)14(18)9-6-8-12;2*15-10-5-2-1-3-8-13-14-11(9-17)12(16)7-4-6-10/h13,16,19H,1-11H2;2*11,14,17H,1-9H2/q3*-1/t13-;2*11-/m111/s1. The zero-order valence-corrected chi connectivity index (χ0v) is 34.6. The quantitative estimate of drug-likeness (QED) is 0.165. The third-order valence-corrected chi connectivity index (χ3v) is 10.4. The van der Waals surface area contributed by atoms with Crippen molar-refractivity contribution in [3.8, 4) is 0 Å². The topological polar surface area (TPSA) is 181 Å². The monoisotopic (exact) mass is 799 g/mol. The molecule has 3 fully saturated rings. The first kappa shape index (κ1) is 49.8. The summed E-state index contributed by atoms with van der Waals surface area (Å²) >= 11 is 12.5. The lowest BCUT2D eigenvalue weighted by molar-refractivity contribution is -0.122. The highest BCUT2D eigenvalue weighted by Crippen LogP contribution is 2.13. The van der Waals surface area contributed by atoms with E-state index in [2.05, 4.69) is 70.4 Å². The van der Waals surface area contributed by atoms with Crippen LogP contribution in [0.1, 0.15) is 148 Å². The van der Waals surface area contributed by atoms with Crippen LogP contribution in [0.3, 0.4) is 0 Å². The Balaban J connectivity index is 0.000000398.